The van der Waals surface area contributed by atoms with Crippen LogP contribution in [0.25, 0.3) is 0 Å². The Morgan fingerprint density at radius 3 is 1.67 bits per heavy atom. The van der Waals surface area contributed by atoms with Crippen LogP contribution in [-0.2, 0) is 28.7 Å². The molecule has 46 heavy (non-hydrogen) atoms. The first-order valence-electron chi connectivity index (χ1n) is 15.8. The molecule has 0 spiro atoms. The summed E-state index contributed by atoms with van der Waals surface area (Å²) in [5.74, 6) is -4.20. The van der Waals surface area contributed by atoms with Gasteiger partial charge in [0.15, 0.2) is 6.61 Å². The van der Waals surface area contributed by atoms with E-state index in [0.717, 1.165) is 27.2 Å². The minimum absolute atomic E-state index is 0.0357. The van der Waals surface area contributed by atoms with E-state index in [1.807, 2.05) is 76.2 Å². The van der Waals surface area contributed by atoms with Crippen molar-refractivity contribution in [1.29, 1.82) is 0 Å². The minimum atomic E-state index is -1.15. The van der Waals surface area contributed by atoms with Crippen molar-refractivity contribution >= 4 is 35.3 Å². The van der Waals surface area contributed by atoms with Gasteiger partial charge in [0.2, 0.25) is 11.8 Å². The molecule has 238 valence electrons. The maximum Gasteiger partial charge on any atom is 0.338 e. The second-order valence-electron chi connectivity index (χ2n) is 13.2. The summed E-state index contributed by atoms with van der Waals surface area (Å²) in [6, 6.07) is 21.0. The van der Waals surface area contributed by atoms with E-state index in [-0.39, 0.29) is 41.9 Å². The highest BCUT2D eigenvalue weighted by Crippen LogP contribution is 2.61. The Bertz CT molecular complexity index is 1580. The lowest BCUT2D eigenvalue weighted by Crippen LogP contribution is -2.47. The number of likely N-dealkylation sites (tertiary alicyclic amines) is 1. The van der Waals surface area contributed by atoms with Crippen LogP contribution in [0.5, 0.6) is 0 Å². The Morgan fingerprint density at radius 2 is 1.22 bits per heavy atom. The van der Waals surface area contributed by atoms with Crippen LogP contribution in [0.3, 0.4) is 0 Å². The molecule has 9 heteroatoms. The van der Waals surface area contributed by atoms with E-state index >= 15 is 0 Å². The SMILES string of the molecule is CC(C)COC(=O)c1ccc(NC(=O)COC(=O)[C@H](CC(C)C)N2C(=O)[C@@H]3C4c5ccccc5C(c5ccccc54)[C@@H]3C2=O)cc1. The van der Waals surface area contributed by atoms with Crippen molar-refractivity contribution in [3.05, 3.63) is 101 Å². The van der Waals surface area contributed by atoms with Gasteiger partial charge in [0.1, 0.15) is 6.04 Å². The number of anilines is 1. The van der Waals surface area contributed by atoms with Gasteiger partial charge in [0, 0.05) is 17.5 Å². The molecule has 3 atom stereocenters. The minimum Gasteiger partial charge on any atom is -0.462 e. The summed E-state index contributed by atoms with van der Waals surface area (Å²) in [5, 5.41) is 2.65. The van der Waals surface area contributed by atoms with E-state index in [0.29, 0.717) is 17.9 Å². The van der Waals surface area contributed by atoms with Crippen molar-refractivity contribution < 1.29 is 33.4 Å². The lowest BCUT2D eigenvalue weighted by Gasteiger charge is -2.45. The van der Waals surface area contributed by atoms with Crippen LogP contribution < -0.4 is 5.32 Å². The summed E-state index contributed by atoms with van der Waals surface area (Å²) in [6.07, 6.45) is 0.209. The Labute approximate surface area is 268 Å². The molecule has 1 aliphatic heterocycles. The number of hydrogen-bond donors (Lipinski definition) is 1. The van der Waals surface area contributed by atoms with Crippen LogP contribution in [0.15, 0.2) is 72.8 Å². The number of hydrogen-bond acceptors (Lipinski definition) is 7. The van der Waals surface area contributed by atoms with Gasteiger partial charge in [0.05, 0.1) is 24.0 Å². The summed E-state index contributed by atoms with van der Waals surface area (Å²) in [7, 11) is 0. The first-order valence-corrected chi connectivity index (χ1v) is 15.8. The van der Waals surface area contributed by atoms with E-state index in [1.165, 1.54) is 12.1 Å². The van der Waals surface area contributed by atoms with Crippen LogP contribution in [0.1, 0.15) is 78.6 Å². The van der Waals surface area contributed by atoms with Gasteiger partial charge in [0.25, 0.3) is 5.91 Å². The third-order valence-electron chi connectivity index (χ3n) is 9.06. The van der Waals surface area contributed by atoms with E-state index < -0.39 is 42.3 Å². The zero-order valence-electron chi connectivity index (χ0n) is 26.4. The number of rotatable bonds is 10. The molecule has 7 rings (SSSR count). The molecule has 9 nitrogen and oxygen atoms in total. The number of esters is 2. The van der Waals surface area contributed by atoms with Crippen LogP contribution in [0.4, 0.5) is 5.69 Å². The number of imide groups is 1. The molecule has 0 aromatic heterocycles. The maximum atomic E-state index is 14.2. The van der Waals surface area contributed by atoms with Crippen molar-refractivity contribution in [3.8, 4) is 0 Å². The van der Waals surface area contributed by atoms with Gasteiger partial charge in [-0.05, 0) is 64.8 Å². The van der Waals surface area contributed by atoms with Gasteiger partial charge >= 0.3 is 11.9 Å². The monoisotopic (exact) mass is 622 g/mol. The average Bonchev–Trinajstić information content (AvgIpc) is 3.31. The third kappa shape index (κ3) is 5.59. The largest absolute Gasteiger partial charge is 0.462 e. The van der Waals surface area contributed by atoms with E-state index in [1.54, 1.807) is 12.1 Å². The summed E-state index contributed by atoms with van der Waals surface area (Å²) in [6.45, 7) is 7.40. The molecule has 1 heterocycles. The van der Waals surface area contributed by atoms with Crippen molar-refractivity contribution in [2.45, 2.75) is 52.0 Å². The van der Waals surface area contributed by atoms with Crippen molar-refractivity contribution in [1.82, 2.24) is 4.90 Å². The number of benzene rings is 3. The normalized spacial score (nSPS) is 21.5. The molecule has 0 unspecified atom stereocenters. The molecule has 3 aliphatic carbocycles. The van der Waals surface area contributed by atoms with Gasteiger partial charge in [-0.2, -0.15) is 0 Å². The maximum absolute atomic E-state index is 14.2. The van der Waals surface area contributed by atoms with E-state index in [9.17, 15) is 24.0 Å². The zero-order valence-corrected chi connectivity index (χ0v) is 26.4. The number of carbonyl (C=O) groups excluding carboxylic acids is 5. The highest BCUT2D eigenvalue weighted by atomic mass is 16.5. The number of amides is 3. The van der Waals surface area contributed by atoms with Crippen LogP contribution in [0.2, 0.25) is 0 Å². The predicted molar refractivity (Wildman–Crippen MR) is 170 cm³/mol. The first kappa shape index (κ1) is 31.2. The summed E-state index contributed by atoms with van der Waals surface area (Å²) in [5.41, 5.74) is 4.96. The first-order chi connectivity index (χ1) is 22.1. The van der Waals surface area contributed by atoms with Gasteiger partial charge in [-0.1, -0.05) is 76.2 Å². The van der Waals surface area contributed by atoms with Crippen LogP contribution in [0, 0.1) is 23.7 Å². The van der Waals surface area contributed by atoms with Gasteiger partial charge in [-0.3, -0.25) is 19.3 Å². The molecule has 2 bridgehead atoms. The number of nitrogens with zero attached hydrogens (tertiary/aromatic N) is 1. The smallest absolute Gasteiger partial charge is 0.338 e. The molecule has 0 radical (unpaired) electrons. The highest BCUT2D eigenvalue weighted by molar-refractivity contribution is 6.10. The second-order valence-corrected chi connectivity index (χ2v) is 13.2. The van der Waals surface area contributed by atoms with Gasteiger partial charge in [-0.15, -0.1) is 0 Å². The Balaban J connectivity index is 1.16. The predicted octanol–water partition coefficient (Wildman–Crippen LogP) is 5.29. The lowest BCUT2D eigenvalue weighted by atomic mass is 9.55. The fourth-order valence-electron chi connectivity index (χ4n) is 7.21. The fraction of sp³-hybridized carbons (Fsp3) is 0.378. The molecular formula is C37H38N2O7. The van der Waals surface area contributed by atoms with Gasteiger partial charge in [-0.25, -0.2) is 9.59 Å². The molecule has 3 aromatic carbocycles. The molecule has 3 aromatic rings. The highest BCUT2D eigenvalue weighted by Gasteiger charge is 2.63. The van der Waals surface area contributed by atoms with Gasteiger partial charge < -0.3 is 14.8 Å². The zero-order chi connectivity index (χ0) is 32.7. The summed E-state index contributed by atoms with van der Waals surface area (Å²) < 4.78 is 10.7. The summed E-state index contributed by atoms with van der Waals surface area (Å²) in [4.78, 5) is 68.0. The summed E-state index contributed by atoms with van der Waals surface area (Å²) >= 11 is 0. The van der Waals surface area contributed by atoms with Crippen LogP contribution in [-0.4, -0.2) is 53.8 Å². The second kappa shape index (κ2) is 12.5. The number of carbonyl (C=O) groups is 5. The fourth-order valence-corrected chi connectivity index (χ4v) is 7.21. The van der Waals surface area contributed by atoms with Crippen molar-refractivity contribution in [2.24, 2.45) is 23.7 Å². The molecule has 1 N–H and O–H groups in total. The third-order valence-corrected chi connectivity index (χ3v) is 9.06. The molecular weight excluding hydrogens is 584 g/mol. The molecule has 3 amide bonds. The van der Waals surface area contributed by atoms with Crippen molar-refractivity contribution in [2.75, 3.05) is 18.5 Å². The molecule has 1 saturated heterocycles. The Hall–Kier alpha value is -4.79. The average molecular weight is 623 g/mol. The topological polar surface area (TPSA) is 119 Å². The molecule has 4 aliphatic rings. The van der Waals surface area contributed by atoms with Crippen molar-refractivity contribution in [3.63, 3.8) is 0 Å². The standard InChI is InChI=1S/C37H38N2O7/c1-20(2)17-28(37(44)46-19-29(40)38-23-15-13-22(14-16-23)36(43)45-18-21(3)4)39-34(41)32-30-24-9-5-6-10-25(24)31(33(32)35(39)42)27-12-8-7-11-26(27)30/h5-16,20-21,28,30-33H,17-19H2,1-4H3,(H,38,40)/t28-,30?,31?,32-,33+/m0/s1. The molecule has 0 saturated carbocycles. The quantitative estimate of drug-likeness (QED) is 0.241. The Morgan fingerprint density at radius 1 is 0.717 bits per heavy atom. The number of ether oxygens (including phenoxy) is 2. The van der Waals surface area contributed by atoms with E-state index in [2.05, 4.69) is 5.32 Å². The molecule has 1 fully saturated rings. The van der Waals surface area contributed by atoms with Crippen LogP contribution >= 0.6 is 0 Å². The Kier molecular flexibility index (Phi) is 8.51. The van der Waals surface area contributed by atoms with E-state index in [4.69, 9.17) is 9.47 Å². The lowest BCUT2D eigenvalue weighted by molar-refractivity contribution is -0.160. The number of nitrogens with one attached hydrogen (secondary N) is 1.